The van der Waals surface area contributed by atoms with Crippen molar-refractivity contribution >= 4 is 41.3 Å². The Morgan fingerprint density at radius 2 is 2.14 bits per heavy atom. The first kappa shape index (κ1) is 23.1. The topological polar surface area (TPSA) is 58.3 Å². The van der Waals surface area contributed by atoms with Gasteiger partial charge in [-0.25, -0.2) is 4.99 Å². The first-order valence-corrected chi connectivity index (χ1v) is 10.9. The van der Waals surface area contributed by atoms with Gasteiger partial charge in [-0.05, 0) is 36.6 Å². The fraction of sp³-hybridized carbons (Fsp3) is 0.650. The van der Waals surface area contributed by atoms with E-state index in [1.807, 2.05) is 18.5 Å². The zero-order valence-corrected chi connectivity index (χ0v) is 20.5. The molecule has 1 N–H and O–H groups in total. The van der Waals surface area contributed by atoms with Crippen LogP contribution in [0.15, 0.2) is 22.5 Å². The molecule has 2 aromatic rings. The van der Waals surface area contributed by atoms with Gasteiger partial charge in [0.25, 0.3) is 0 Å². The number of aliphatic imine (C=N–C) groups is 1. The summed E-state index contributed by atoms with van der Waals surface area (Å²) in [4.78, 5) is 8.66. The van der Waals surface area contributed by atoms with E-state index in [1.165, 1.54) is 24.1 Å². The van der Waals surface area contributed by atoms with E-state index in [0.29, 0.717) is 6.54 Å². The van der Waals surface area contributed by atoms with Crippen LogP contribution in [0.1, 0.15) is 49.6 Å². The average molecular weight is 516 g/mol. The van der Waals surface area contributed by atoms with Gasteiger partial charge in [0.2, 0.25) is 0 Å². The highest BCUT2D eigenvalue weighted by molar-refractivity contribution is 14.0. The molecule has 1 fully saturated rings. The number of hydrogen-bond donors (Lipinski definition) is 1. The monoisotopic (exact) mass is 516 g/mol. The molecule has 28 heavy (non-hydrogen) atoms. The lowest BCUT2D eigenvalue weighted by Gasteiger charge is -2.24. The summed E-state index contributed by atoms with van der Waals surface area (Å²) >= 11 is 1.78. The Morgan fingerprint density at radius 3 is 2.75 bits per heavy atom. The number of guanidine groups is 1. The van der Waals surface area contributed by atoms with Crippen LogP contribution in [0.4, 0.5) is 0 Å². The maximum Gasteiger partial charge on any atom is 0.194 e. The second kappa shape index (κ2) is 11.1. The number of rotatable bonds is 7. The molecule has 0 bridgehead atoms. The van der Waals surface area contributed by atoms with Crippen LogP contribution >= 0.6 is 35.3 Å². The highest BCUT2D eigenvalue weighted by Gasteiger charge is 2.29. The van der Waals surface area contributed by atoms with Crippen molar-refractivity contribution in [1.29, 1.82) is 0 Å². The van der Waals surface area contributed by atoms with E-state index in [4.69, 9.17) is 4.99 Å². The summed E-state index contributed by atoms with van der Waals surface area (Å²) in [6.45, 7) is 10.2. The van der Waals surface area contributed by atoms with Gasteiger partial charge in [0, 0.05) is 25.0 Å². The number of aryl methyl sites for hydroxylation is 1. The molecule has 1 atom stereocenters. The molecule has 1 aliphatic rings. The minimum atomic E-state index is 0. The third-order valence-electron chi connectivity index (χ3n) is 5.79. The summed E-state index contributed by atoms with van der Waals surface area (Å²) in [6.07, 6.45) is 3.79. The Hall–Kier alpha value is -1.16. The van der Waals surface area contributed by atoms with Gasteiger partial charge in [-0.2, -0.15) is 0 Å². The van der Waals surface area contributed by atoms with E-state index in [2.05, 4.69) is 51.8 Å². The van der Waals surface area contributed by atoms with Crippen LogP contribution < -0.4 is 5.32 Å². The predicted octanol–water partition coefficient (Wildman–Crippen LogP) is 4.21. The average Bonchev–Trinajstić information content (AvgIpc) is 3.41. The molecular formula is C20H33IN6S. The van der Waals surface area contributed by atoms with E-state index in [0.717, 1.165) is 49.1 Å². The number of hydrogen-bond acceptors (Lipinski definition) is 4. The molecule has 0 radical (unpaired) electrons. The number of halogens is 1. The quantitative estimate of drug-likeness (QED) is 0.341. The fourth-order valence-electron chi connectivity index (χ4n) is 3.90. The Morgan fingerprint density at radius 1 is 1.36 bits per heavy atom. The van der Waals surface area contributed by atoms with Gasteiger partial charge < -0.3 is 14.8 Å². The van der Waals surface area contributed by atoms with Crippen molar-refractivity contribution < 1.29 is 0 Å². The van der Waals surface area contributed by atoms with Crippen molar-refractivity contribution in [3.63, 3.8) is 0 Å². The molecule has 1 saturated heterocycles. The van der Waals surface area contributed by atoms with Gasteiger partial charge >= 0.3 is 0 Å². The maximum atomic E-state index is 4.91. The largest absolute Gasteiger partial charge is 0.351 e. The molecule has 156 valence electrons. The molecule has 8 heteroatoms. The van der Waals surface area contributed by atoms with Crippen molar-refractivity contribution in [3.8, 4) is 0 Å². The zero-order chi connectivity index (χ0) is 19.2. The molecule has 6 nitrogen and oxygen atoms in total. The summed E-state index contributed by atoms with van der Waals surface area (Å²) in [5.41, 5.74) is 0. The summed E-state index contributed by atoms with van der Waals surface area (Å²) in [5, 5.41) is 14.1. The van der Waals surface area contributed by atoms with Crippen LogP contribution in [-0.2, 0) is 20.1 Å². The molecular weight excluding hydrogens is 483 g/mol. The van der Waals surface area contributed by atoms with E-state index in [1.54, 1.807) is 11.3 Å². The molecule has 1 aliphatic heterocycles. The van der Waals surface area contributed by atoms with E-state index in [9.17, 15) is 0 Å². The van der Waals surface area contributed by atoms with Crippen LogP contribution in [0.2, 0.25) is 0 Å². The summed E-state index contributed by atoms with van der Waals surface area (Å²) in [6, 6.07) is 4.26. The van der Waals surface area contributed by atoms with E-state index >= 15 is 0 Å². The lowest BCUT2D eigenvalue weighted by atomic mass is 9.87. The van der Waals surface area contributed by atoms with Crippen molar-refractivity contribution in [2.45, 2.75) is 53.1 Å². The van der Waals surface area contributed by atoms with Gasteiger partial charge in [-0.15, -0.1) is 45.5 Å². The molecule has 3 heterocycles. The third kappa shape index (κ3) is 5.68. The highest BCUT2D eigenvalue weighted by Crippen LogP contribution is 2.28. The fourth-order valence-corrected chi connectivity index (χ4v) is 4.55. The van der Waals surface area contributed by atoms with Crippen molar-refractivity contribution in [1.82, 2.24) is 25.0 Å². The minimum absolute atomic E-state index is 0. The third-order valence-corrected chi connectivity index (χ3v) is 6.67. The lowest BCUT2D eigenvalue weighted by molar-refractivity contribution is 0.319. The molecule has 0 saturated carbocycles. The van der Waals surface area contributed by atoms with Crippen molar-refractivity contribution in [2.75, 3.05) is 13.1 Å². The van der Waals surface area contributed by atoms with Gasteiger partial charge in [0.15, 0.2) is 11.8 Å². The number of likely N-dealkylation sites (tertiary alicyclic amines) is 1. The number of nitrogens with zero attached hydrogens (tertiary/aromatic N) is 5. The summed E-state index contributed by atoms with van der Waals surface area (Å²) < 4.78 is 2.01. The number of nitrogens with one attached hydrogen (secondary N) is 1. The number of aromatic nitrogens is 3. The molecule has 3 rings (SSSR count). The molecule has 0 aliphatic carbocycles. The minimum Gasteiger partial charge on any atom is -0.351 e. The van der Waals surface area contributed by atoms with Crippen LogP contribution in [0.3, 0.4) is 0 Å². The Labute approximate surface area is 189 Å². The molecule has 2 aromatic heterocycles. The first-order chi connectivity index (χ1) is 13.1. The second-order valence-electron chi connectivity index (χ2n) is 7.37. The molecule has 0 aromatic carbocycles. The van der Waals surface area contributed by atoms with Crippen molar-refractivity contribution in [2.24, 2.45) is 23.9 Å². The summed E-state index contributed by atoms with van der Waals surface area (Å²) in [5.74, 6) is 4.40. The standard InChI is InChI=1S/C20H32N6S.HI/c1-5-16(6-2)17-9-10-26(14-17)20(21-12-18-8-7-11-27-18)22-13-19-24-23-15(3)25(19)4;/h7-8,11,16-17H,5-6,9-10,12-14H2,1-4H3,(H,21,22);1H. The maximum absolute atomic E-state index is 4.91. The smallest absolute Gasteiger partial charge is 0.194 e. The molecule has 0 spiro atoms. The van der Waals surface area contributed by atoms with Gasteiger partial charge in [0.05, 0.1) is 6.54 Å². The first-order valence-electron chi connectivity index (χ1n) is 10.0. The van der Waals surface area contributed by atoms with Crippen LogP contribution in [-0.4, -0.2) is 38.7 Å². The van der Waals surface area contributed by atoms with Crippen molar-refractivity contribution in [3.05, 3.63) is 34.0 Å². The molecule has 1 unspecified atom stereocenters. The highest BCUT2D eigenvalue weighted by atomic mass is 127. The van der Waals surface area contributed by atoms with Crippen LogP contribution in [0.25, 0.3) is 0 Å². The second-order valence-corrected chi connectivity index (χ2v) is 8.40. The Balaban J connectivity index is 0.00000280. The van der Waals surface area contributed by atoms with Crippen LogP contribution in [0.5, 0.6) is 0 Å². The van der Waals surface area contributed by atoms with Crippen LogP contribution in [0, 0.1) is 18.8 Å². The van der Waals surface area contributed by atoms with Gasteiger partial charge in [0.1, 0.15) is 12.4 Å². The SMILES string of the molecule is CCC(CC)C1CCN(C(=NCc2nnc(C)n2C)NCc2cccs2)C1.I. The summed E-state index contributed by atoms with van der Waals surface area (Å²) in [7, 11) is 2.00. The van der Waals surface area contributed by atoms with Gasteiger partial charge in [-0.3, -0.25) is 0 Å². The normalized spacial score (nSPS) is 17.2. The van der Waals surface area contributed by atoms with E-state index < -0.39 is 0 Å². The lowest BCUT2D eigenvalue weighted by Crippen LogP contribution is -2.40. The predicted molar refractivity (Wildman–Crippen MR) is 127 cm³/mol. The Bertz CT molecular complexity index is 738. The number of thiophene rings is 1. The van der Waals surface area contributed by atoms with Gasteiger partial charge in [-0.1, -0.05) is 32.8 Å². The van der Waals surface area contributed by atoms with E-state index in [-0.39, 0.29) is 24.0 Å². The Kier molecular flexibility index (Phi) is 9.20. The zero-order valence-electron chi connectivity index (χ0n) is 17.4. The molecule has 0 amide bonds.